The molecule has 2 N–H and O–H groups in total. The highest BCUT2D eigenvalue weighted by Gasteiger charge is 2.22. The zero-order valence-electron chi connectivity index (χ0n) is 18.6. The van der Waals surface area contributed by atoms with Crippen LogP contribution in [0.3, 0.4) is 0 Å². The van der Waals surface area contributed by atoms with Gasteiger partial charge in [-0.25, -0.2) is 0 Å². The number of rotatable bonds is 6. The number of hydrogen-bond acceptors (Lipinski definition) is 3. The molecule has 3 heteroatoms. The normalized spacial score (nSPS) is 10.8. The predicted molar refractivity (Wildman–Crippen MR) is 130 cm³/mol. The van der Waals surface area contributed by atoms with E-state index in [1.807, 2.05) is 60.7 Å². The third-order valence-electron chi connectivity index (χ3n) is 5.40. The number of benzene rings is 4. The summed E-state index contributed by atoms with van der Waals surface area (Å²) in [6.45, 7) is 5.59. The Morgan fingerprint density at radius 1 is 0.531 bits per heavy atom. The number of hydrogen-bond donors (Lipinski definition) is 2. The molecule has 0 aliphatic carbocycles. The Morgan fingerprint density at radius 3 is 1.22 bits per heavy atom. The smallest absolute Gasteiger partial charge is 0.115 e. The highest BCUT2D eigenvalue weighted by Crippen LogP contribution is 2.32. The maximum Gasteiger partial charge on any atom is 0.115 e. The second-order valence-corrected chi connectivity index (χ2v) is 8.18. The molecular weight excluding hydrogens is 396 g/mol. The summed E-state index contributed by atoms with van der Waals surface area (Å²) in [7, 11) is 0. The second-order valence-electron chi connectivity index (χ2n) is 8.18. The van der Waals surface area contributed by atoms with Crippen LogP contribution in [0.4, 0.5) is 0 Å². The first-order valence-electron chi connectivity index (χ1n) is 10.7. The molecule has 32 heavy (non-hydrogen) atoms. The fourth-order valence-corrected chi connectivity index (χ4v) is 3.36. The minimum absolute atomic E-state index is 0.151. The molecule has 0 atom stereocenters. The Morgan fingerprint density at radius 2 is 0.875 bits per heavy atom. The summed E-state index contributed by atoms with van der Waals surface area (Å²) in [5, 5.41) is 18.6. The SMILES string of the molecule is CC(C)(c1ccc(O)cc1)c1ccc(O)cc1.c1ccc(COCc2ccccc2)cc1. The van der Waals surface area contributed by atoms with Gasteiger partial charge in [-0.1, -0.05) is 98.8 Å². The molecule has 0 aliphatic heterocycles. The Bertz CT molecular complexity index is 968. The van der Waals surface area contributed by atoms with Gasteiger partial charge in [-0.2, -0.15) is 0 Å². The first-order chi connectivity index (χ1) is 15.4. The third-order valence-corrected chi connectivity index (χ3v) is 5.40. The molecule has 3 nitrogen and oxygen atoms in total. The molecule has 0 radical (unpaired) electrons. The van der Waals surface area contributed by atoms with Crippen molar-refractivity contribution in [2.24, 2.45) is 0 Å². The molecule has 0 heterocycles. The van der Waals surface area contributed by atoms with Crippen molar-refractivity contribution in [3.8, 4) is 11.5 Å². The van der Waals surface area contributed by atoms with Gasteiger partial charge in [0.1, 0.15) is 11.5 Å². The Kier molecular flexibility index (Phi) is 8.07. The van der Waals surface area contributed by atoms with Crippen LogP contribution in [0.15, 0.2) is 109 Å². The molecule has 0 fully saturated rings. The quantitative estimate of drug-likeness (QED) is 0.355. The minimum Gasteiger partial charge on any atom is -0.508 e. The largest absolute Gasteiger partial charge is 0.508 e. The summed E-state index contributed by atoms with van der Waals surface area (Å²) in [6, 6.07) is 34.9. The summed E-state index contributed by atoms with van der Waals surface area (Å²) in [4.78, 5) is 0. The fourth-order valence-electron chi connectivity index (χ4n) is 3.36. The molecule has 0 unspecified atom stereocenters. The summed E-state index contributed by atoms with van der Waals surface area (Å²) < 4.78 is 5.61. The van der Waals surface area contributed by atoms with Crippen LogP contribution in [-0.2, 0) is 23.4 Å². The van der Waals surface area contributed by atoms with Gasteiger partial charge in [0.2, 0.25) is 0 Å². The van der Waals surface area contributed by atoms with Gasteiger partial charge >= 0.3 is 0 Å². The molecular formula is C29H30O3. The van der Waals surface area contributed by atoms with Crippen LogP contribution in [-0.4, -0.2) is 10.2 Å². The van der Waals surface area contributed by atoms with E-state index in [1.54, 1.807) is 24.3 Å². The van der Waals surface area contributed by atoms with Gasteiger partial charge in [0, 0.05) is 5.41 Å². The van der Waals surface area contributed by atoms with Crippen molar-refractivity contribution in [3.63, 3.8) is 0 Å². The highest BCUT2D eigenvalue weighted by molar-refractivity contribution is 5.41. The van der Waals surface area contributed by atoms with E-state index in [4.69, 9.17) is 4.74 Å². The van der Waals surface area contributed by atoms with Crippen LogP contribution in [0.2, 0.25) is 0 Å². The molecule has 164 valence electrons. The molecule has 0 amide bonds. The average molecular weight is 427 g/mol. The van der Waals surface area contributed by atoms with Crippen molar-refractivity contribution in [2.45, 2.75) is 32.5 Å². The van der Waals surface area contributed by atoms with Gasteiger partial charge < -0.3 is 14.9 Å². The summed E-state index contributed by atoms with van der Waals surface area (Å²) in [5.41, 5.74) is 4.53. The summed E-state index contributed by atoms with van der Waals surface area (Å²) in [5.74, 6) is 0.547. The molecule has 4 aromatic carbocycles. The van der Waals surface area contributed by atoms with E-state index in [0.29, 0.717) is 13.2 Å². The third kappa shape index (κ3) is 6.73. The van der Waals surface area contributed by atoms with Crippen molar-refractivity contribution >= 4 is 0 Å². The van der Waals surface area contributed by atoms with Crippen molar-refractivity contribution in [1.82, 2.24) is 0 Å². The first-order valence-corrected chi connectivity index (χ1v) is 10.7. The van der Waals surface area contributed by atoms with E-state index in [-0.39, 0.29) is 16.9 Å². The molecule has 4 rings (SSSR count). The Balaban J connectivity index is 0.000000182. The van der Waals surface area contributed by atoms with Gasteiger partial charge in [0.25, 0.3) is 0 Å². The molecule has 0 bridgehead atoms. The van der Waals surface area contributed by atoms with Gasteiger partial charge in [0.15, 0.2) is 0 Å². The van der Waals surface area contributed by atoms with Crippen molar-refractivity contribution in [2.75, 3.05) is 0 Å². The van der Waals surface area contributed by atoms with Gasteiger partial charge in [-0.15, -0.1) is 0 Å². The van der Waals surface area contributed by atoms with Crippen LogP contribution in [0, 0.1) is 0 Å². The lowest BCUT2D eigenvalue weighted by molar-refractivity contribution is 0.107. The maximum absolute atomic E-state index is 9.30. The molecule has 4 aromatic rings. The maximum atomic E-state index is 9.30. The number of phenolic OH excluding ortho intramolecular Hbond substituents is 2. The zero-order valence-corrected chi connectivity index (χ0v) is 18.6. The van der Waals surface area contributed by atoms with E-state index in [0.717, 1.165) is 11.1 Å². The fraction of sp³-hybridized carbons (Fsp3) is 0.172. The summed E-state index contributed by atoms with van der Waals surface area (Å²) >= 11 is 0. The monoisotopic (exact) mass is 426 g/mol. The molecule has 0 aliphatic rings. The van der Waals surface area contributed by atoms with E-state index in [2.05, 4.69) is 38.1 Å². The average Bonchev–Trinajstić information content (AvgIpc) is 2.82. The van der Waals surface area contributed by atoms with Gasteiger partial charge in [0.05, 0.1) is 13.2 Å². The topological polar surface area (TPSA) is 49.7 Å². The predicted octanol–water partition coefficient (Wildman–Crippen LogP) is 6.83. The molecule has 0 spiro atoms. The lowest BCUT2D eigenvalue weighted by Gasteiger charge is -2.26. The summed E-state index contributed by atoms with van der Waals surface area (Å²) in [6.07, 6.45) is 0. The van der Waals surface area contributed by atoms with Crippen molar-refractivity contribution in [1.29, 1.82) is 0 Å². The van der Waals surface area contributed by atoms with Gasteiger partial charge in [-0.05, 0) is 46.5 Å². The molecule has 0 saturated heterocycles. The zero-order chi connectivity index (χ0) is 22.8. The van der Waals surface area contributed by atoms with Gasteiger partial charge in [-0.3, -0.25) is 0 Å². The Labute approximate surface area is 190 Å². The van der Waals surface area contributed by atoms with E-state index in [9.17, 15) is 10.2 Å². The van der Waals surface area contributed by atoms with E-state index in [1.165, 1.54) is 11.1 Å². The van der Waals surface area contributed by atoms with Crippen LogP contribution >= 0.6 is 0 Å². The number of phenols is 2. The minimum atomic E-state index is -0.151. The first kappa shape index (κ1) is 23.1. The van der Waals surface area contributed by atoms with Crippen molar-refractivity contribution in [3.05, 3.63) is 131 Å². The highest BCUT2D eigenvalue weighted by atomic mass is 16.5. The van der Waals surface area contributed by atoms with Crippen LogP contribution in [0.5, 0.6) is 11.5 Å². The lowest BCUT2D eigenvalue weighted by Crippen LogP contribution is -2.18. The standard InChI is InChI=1S/C15H16O2.C14H14O/c1-15(2,11-3-7-13(16)8-4-11)12-5-9-14(17)10-6-12;1-3-7-13(8-4-1)11-15-12-14-9-5-2-6-10-14/h3-10,16-17H,1-2H3;1-10H,11-12H2. The lowest BCUT2D eigenvalue weighted by atomic mass is 9.78. The van der Waals surface area contributed by atoms with E-state index < -0.39 is 0 Å². The molecule has 0 saturated carbocycles. The second kappa shape index (κ2) is 11.2. The number of ether oxygens (including phenoxy) is 1. The van der Waals surface area contributed by atoms with Crippen LogP contribution < -0.4 is 0 Å². The van der Waals surface area contributed by atoms with E-state index >= 15 is 0 Å². The number of aromatic hydroxyl groups is 2. The van der Waals surface area contributed by atoms with Crippen molar-refractivity contribution < 1.29 is 14.9 Å². The Hall–Kier alpha value is -3.56. The van der Waals surface area contributed by atoms with Crippen LogP contribution in [0.25, 0.3) is 0 Å². The molecule has 0 aromatic heterocycles. The van der Waals surface area contributed by atoms with Crippen LogP contribution in [0.1, 0.15) is 36.1 Å².